The Morgan fingerprint density at radius 3 is 2.23 bits per heavy atom. The number of carbonyl (C=O) groups excluding carboxylic acids is 2. The van der Waals surface area contributed by atoms with E-state index in [0.29, 0.717) is 19.2 Å². The summed E-state index contributed by atoms with van der Waals surface area (Å²) in [5.41, 5.74) is -1.15. The molecule has 2 rings (SSSR count). The molecule has 0 N–H and O–H groups in total. The minimum absolute atomic E-state index is 0.0564. The van der Waals surface area contributed by atoms with E-state index >= 15 is 0 Å². The van der Waals surface area contributed by atoms with E-state index in [2.05, 4.69) is 0 Å². The number of rotatable bonds is 3. The standard InChI is InChI=1S/C14H14F4N2O2/c1-2-19-5-6-20(13(22)12(19)21)8-9-3-4-10(7-11(9)15)14(16,17)18/h3-4,7H,2,5-6,8H2,1H3. The second-order valence-corrected chi connectivity index (χ2v) is 4.92. The van der Waals surface area contributed by atoms with Crippen LogP contribution in [-0.2, 0) is 22.3 Å². The van der Waals surface area contributed by atoms with Crippen LogP contribution in [0.1, 0.15) is 18.1 Å². The molecule has 1 saturated heterocycles. The van der Waals surface area contributed by atoms with Gasteiger partial charge in [-0.15, -0.1) is 0 Å². The summed E-state index contributed by atoms with van der Waals surface area (Å²) in [6.07, 6.45) is -4.63. The summed E-state index contributed by atoms with van der Waals surface area (Å²) >= 11 is 0. The Kier molecular flexibility index (Phi) is 4.39. The first-order valence-electron chi connectivity index (χ1n) is 6.67. The number of halogens is 4. The van der Waals surface area contributed by atoms with Crippen molar-refractivity contribution in [3.63, 3.8) is 0 Å². The molecule has 2 amide bonds. The highest BCUT2D eigenvalue weighted by Crippen LogP contribution is 2.30. The molecule has 0 unspecified atom stereocenters. The van der Waals surface area contributed by atoms with Crippen LogP contribution in [0.25, 0.3) is 0 Å². The molecule has 1 heterocycles. The second kappa shape index (κ2) is 5.94. The summed E-state index contributed by atoms with van der Waals surface area (Å²) in [7, 11) is 0. The highest BCUT2D eigenvalue weighted by molar-refractivity contribution is 6.35. The summed E-state index contributed by atoms with van der Waals surface area (Å²) < 4.78 is 51.2. The summed E-state index contributed by atoms with van der Waals surface area (Å²) in [6, 6.07) is 2.14. The van der Waals surface area contributed by atoms with Gasteiger partial charge in [0.15, 0.2) is 0 Å². The van der Waals surface area contributed by atoms with Gasteiger partial charge in [-0.3, -0.25) is 9.59 Å². The van der Waals surface area contributed by atoms with Crippen LogP contribution in [0.5, 0.6) is 0 Å². The van der Waals surface area contributed by atoms with Crippen molar-refractivity contribution < 1.29 is 27.2 Å². The highest BCUT2D eigenvalue weighted by atomic mass is 19.4. The van der Waals surface area contributed by atoms with E-state index in [-0.39, 0.29) is 18.7 Å². The molecule has 0 radical (unpaired) electrons. The molecule has 0 saturated carbocycles. The lowest BCUT2D eigenvalue weighted by Crippen LogP contribution is -2.53. The van der Waals surface area contributed by atoms with Crippen molar-refractivity contribution in [2.45, 2.75) is 19.6 Å². The van der Waals surface area contributed by atoms with Crippen LogP contribution < -0.4 is 0 Å². The van der Waals surface area contributed by atoms with Gasteiger partial charge in [-0.2, -0.15) is 13.2 Å². The van der Waals surface area contributed by atoms with E-state index in [4.69, 9.17) is 0 Å². The number of carbonyl (C=O) groups is 2. The minimum atomic E-state index is -4.63. The van der Waals surface area contributed by atoms with E-state index < -0.39 is 29.4 Å². The maximum atomic E-state index is 13.8. The van der Waals surface area contributed by atoms with Crippen molar-refractivity contribution in [1.82, 2.24) is 9.80 Å². The van der Waals surface area contributed by atoms with Gasteiger partial charge in [0, 0.05) is 31.7 Å². The van der Waals surface area contributed by atoms with Gasteiger partial charge in [-0.05, 0) is 19.1 Å². The lowest BCUT2D eigenvalue weighted by atomic mass is 10.1. The third-order valence-corrected chi connectivity index (χ3v) is 3.52. The predicted molar refractivity (Wildman–Crippen MR) is 69.1 cm³/mol. The van der Waals surface area contributed by atoms with Crippen LogP contribution >= 0.6 is 0 Å². The van der Waals surface area contributed by atoms with Crippen LogP contribution in [0.3, 0.4) is 0 Å². The van der Waals surface area contributed by atoms with Crippen LogP contribution in [-0.4, -0.2) is 41.2 Å². The first-order chi connectivity index (χ1) is 10.2. The maximum Gasteiger partial charge on any atom is 0.416 e. The smallest absolute Gasteiger partial charge is 0.333 e. The number of piperazine rings is 1. The number of alkyl halides is 3. The van der Waals surface area contributed by atoms with Crippen molar-refractivity contribution >= 4 is 11.8 Å². The normalized spacial score (nSPS) is 16.4. The van der Waals surface area contributed by atoms with Crippen LogP contribution in [0.4, 0.5) is 17.6 Å². The van der Waals surface area contributed by atoms with Gasteiger partial charge in [0.05, 0.1) is 5.56 Å². The molecule has 1 aliphatic rings. The maximum absolute atomic E-state index is 13.8. The molecule has 0 aliphatic carbocycles. The first kappa shape index (κ1) is 16.3. The van der Waals surface area contributed by atoms with Gasteiger partial charge in [0.1, 0.15) is 5.82 Å². The first-order valence-corrected chi connectivity index (χ1v) is 6.67. The number of hydrogen-bond donors (Lipinski definition) is 0. The molecule has 22 heavy (non-hydrogen) atoms. The number of hydrogen-bond acceptors (Lipinski definition) is 2. The van der Waals surface area contributed by atoms with Crippen LogP contribution in [0.2, 0.25) is 0 Å². The number of nitrogens with zero attached hydrogens (tertiary/aromatic N) is 2. The number of amides is 2. The summed E-state index contributed by atoms with van der Waals surface area (Å²) in [5.74, 6) is -2.50. The second-order valence-electron chi connectivity index (χ2n) is 4.92. The van der Waals surface area contributed by atoms with Gasteiger partial charge in [-0.1, -0.05) is 6.07 Å². The Labute approximate surface area is 124 Å². The van der Waals surface area contributed by atoms with Crippen molar-refractivity contribution in [2.24, 2.45) is 0 Å². The third-order valence-electron chi connectivity index (χ3n) is 3.52. The van der Waals surface area contributed by atoms with E-state index in [1.54, 1.807) is 6.92 Å². The quantitative estimate of drug-likeness (QED) is 0.632. The Balaban J connectivity index is 2.15. The van der Waals surface area contributed by atoms with E-state index in [1.165, 1.54) is 4.90 Å². The SMILES string of the molecule is CCN1CCN(Cc2ccc(C(F)(F)F)cc2F)C(=O)C1=O. The summed E-state index contributed by atoms with van der Waals surface area (Å²) in [6.45, 7) is 2.44. The van der Waals surface area contributed by atoms with E-state index in [9.17, 15) is 27.2 Å². The monoisotopic (exact) mass is 318 g/mol. The Morgan fingerprint density at radius 2 is 1.68 bits per heavy atom. The van der Waals surface area contributed by atoms with Crippen molar-refractivity contribution in [3.8, 4) is 0 Å². The van der Waals surface area contributed by atoms with Gasteiger partial charge in [0.25, 0.3) is 0 Å². The van der Waals surface area contributed by atoms with Gasteiger partial charge >= 0.3 is 18.0 Å². The number of benzene rings is 1. The zero-order valence-electron chi connectivity index (χ0n) is 11.8. The largest absolute Gasteiger partial charge is 0.416 e. The highest BCUT2D eigenvalue weighted by Gasteiger charge is 2.33. The predicted octanol–water partition coefficient (Wildman–Crippen LogP) is 2.04. The topological polar surface area (TPSA) is 40.6 Å². The molecule has 1 aromatic carbocycles. The van der Waals surface area contributed by atoms with Crippen molar-refractivity contribution in [1.29, 1.82) is 0 Å². The van der Waals surface area contributed by atoms with Gasteiger partial charge in [0.2, 0.25) is 0 Å². The molecule has 1 fully saturated rings. The molecule has 4 nitrogen and oxygen atoms in total. The number of likely N-dealkylation sites (N-methyl/N-ethyl adjacent to an activating group) is 1. The zero-order chi connectivity index (χ0) is 16.5. The van der Waals surface area contributed by atoms with E-state index in [1.807, 2.05) is 0 Å². The fraction of sp³-hybridized carbons (Fsp3) is 0.429. The Hall–Kier alpha value is -2.12. The lowest BCUT2D eigenvalue weighted by molar-refractivity contribution is -0.156. The van der Waals surface area contributed by atoms with Crippen LogP contribution in [0, 0.1) is 5.82 Å². The van der Waals surface area contributed by atoms with Crippen molar-refractivity contribution in [3.05, 3.63) is 35.1 Å². The molecule has 0 spiro atoms. The molecule has 8 heteroatoms. The molecule has 120 valence electrons. The van der Waals surface area contributed by atoms with Crippen LogP contribution in [0.15, 0.2) is 18.2 Å². The lowest BCUT2D eigenvalue weighted by Gasteiger charge is -2.33. The fourth-order valence-electron chi connectivity index (χ4n) is 2.23. The van der Waals surface area contributed by atoms with Gasteiger partial charge in [-0.25, -0.2) is 4.39 Å². The molecular formula is C14H14F4N2O2. The molecule has 0 bridgehead atoms. The Bertz CT molecular complexity index is 601. The average Bonchev–Trinajstić information content (AvgIpc) is 2.45. The fourth-order valence-corrected chi connectivity index (χ4v) is 2.23. The third kappa shape index (κ3) is 3.20. The molecule has 0 aromatic heterocycles. The molecule has 1 aromatic rings. The molecular weight excluding hydrogens is 304 g/mol. The summed E-state index contributed by atoms with van der Waals surface area (Å²) in [5, 5.41) is 0. The molecule has 1 aliphatic heterocycles. The van der Waals surface area contributed by atoms with Crippen molar-refractivity contribution in [2.75, 3.05) is 19.6 Å². The average molecular weight is 318 g/mol. The Morgan fingerprint density at radius 1 is 1.09 bits per heavy atom. The van der Waals surface area contributed by atoms with Gasteiger partial charge < -0.3 is 9.80 Å². The zero-order valence-corrected chi connectivity index (χ0v) is 11.8. The summed E-state index contributed by atoms with van der Waals surface area (Å²) in [4.78, 5) is 26.1. The minimum Gasteiger partial charge on any atom is -0.333 e. The molecule has 0 atom stereocenters. The van der Waals surface area contributed by atoms with E-state index in [0.717, 1.165) is 17.0 Å².